The number of fused-ring (bicyclic) bond motifs is 1. The fourth-order valence-electron chi connectivity index (χ4n) is 5.62. The van der Waals surface area contributed by atoms with Crippen molar-refractivity contribution in [3.05, 3.63) is 125 Å². The quantitative estimate of drug-likeness (QED) is 0.245. The van der Waals surface area contributed by atoms with Crippen molar-refractivity contribution >= 4 is 23.4 Å². The van der Waals surface area contributed by atoms with Crippen molar-refractivity contribution in [1.29, 1.82) is 0 Å². The number of rotatable bonds is 8. The fraction of sp³-hybridized carbons (Fsp3) is 0.242. The highest BCUT2D eigenvalue weighted by atomic mass is 19.1. The number of halogens is 3. The minimum atomic E-state index is -0.743. The van der Waals surface area contributed by atoms with E-state index in [1.54, 1.807) is 31.5 Å². The monoisotopic (exact) mass is 583 g/mol. The van der Waals surface area contributed by atoms with E-state index in [4.69, 9.17) is 4.42 Å². The molecule has 0 bridgehead atoms. The summed E-state index contributed by atoms with van der Waals surface area (Å²) >= 11 is 0. The standard InChI is InChI=1S/C33H28F3N5O2/c1-18-5-6-21(13-27(18)33-41-40-19(2)43-33)26-4-3-9-37-32(26)30(12-20-10-24(35)15-25(36)11-20)39-31(42)14-22-17-38-29-8-7-23(34)16-28(22)29/h3-11,13,15-18,22,27,30H,12,14H2,1-2H3,(H,39,42)/t18?,22?,27?,30-/m0/s1. The second-order valence-corrected chi connectivity index (χ2v) is 10.9. The average Bonchev–Trinajstić information content (AvgIpc) is 3.58. The molecule has 1 aliphatic heterocycles. The van der Waals surface area contributed by atoms with Gasteiger partial charge in [0.15, 0.2) is 0 Å². The van der Waals surface area contributed by atoms with Crippen LogP contribution in [-0.2, 0) is 11.2 Å². The summed E-state index contributed by atoms with van der Waals surface area (Å²) in [6.45, 7) is 3.79. The van der Waals surface area contributed by atoms with Gasteiger partial charge in [0, 0.05) is 43.3 Å². The van der Waals surface area contributed by atoms with Crippen molar-refractivity contribution < 1.29 is 22.4 Å². The highest BCUT2D eigenvalue weighted by Crippen LogP contribution is 2.38. The molecule has 3 heterocycles. The first-order valence-corrected chi connectivity index (χ1v) is 14.0. The zero-order valence-corrected chi connectivity index (χ0v) is 23.5. The molecule has 10 heteroatoms. The number of pyridine rings is 1. The van der Waals surface area contributed by atoms with Gasteiger partial charge in [-0.1, -0.05) is 31.2 Å². The lowest BCUT2D eigenvalue weighted by Gasteiger charge is -2.25. The van der Waals surface area contributed by atoms with Crippen molar-refractivity contribution in [3.8, 4) is 0 Å². The molecular formula is C33H28F3N5O2. The van der Waals surface area contributed by atoms with Crippen LogP contribution in [0.4, 0.5) is 18.9 Å². The molecule has 1 amide bonds. The summed E-state index contributed by atoms with van der Waals surface area (Å²) in [5.41, 5.74) is 3.71. The molecular weight excluding hydrogens is 555 g/mol. The second kappa shape index (κ2) is 11.8. The van der Waals surface area contributed by atoms with E-state index in [1.807, 2.05) is 24.3 Å². The van der Waals surface area contributed by atoms with Crippen LogP contribution >= 0.6 is 0 Å². The van der Waals surface area contributed by atoms with E-state index >= 15 is 0 Å². The summed E-state index contributed by atoms with van der Waals surface area (Å²) in [4.78, 5) is 22.4. The zero-order valence-electron chi connectivity index (χ0n) is 23.5. The van der Waals surface area contributed by atoms with Crippen LogP contribution in [0.15, 0.2) is 82.4 Å². The number of allylic oxidation sites excluding steroid dienone is 4. The number of carbonyl (C=O) groups excluding carboxylic acids is 1. The molecule has 1 aliphatic carbocycles. The smallest absolute Gasteiger partial charge is 0.223 e. The lowest BCUT2D eigenvalue weighted by molar-refractivity contribution is -0.121. The molecule has 4 aromatic rings. The summed E-state index contributed by atoms with van der Waals surface area (Å²) in [6, 6.07) is 10.5. The lowest BCUT2D eigenvalue weighted by Crippen LogP contribution is -2.32. The average molecular weight is 584 g/mol. The first-order valence-electron chi connectivity index (χ1n) is 14.0. The van der Waals surface area contributed by atoms with Gasteiger partial charge in [0.1, 0.15) is 17.5 Å². The minimum Gasteiger partial charge on any atom is -0.425 e. The van der Waals surface area contributed by atoms with Crippen LogP contribution < -0.4 is 5.32 Å². The lowest BCUT2D eigenvalue weighted by atomic mass is 9.83. The van der Waals surface area contributed by atoms with E-state index in [0.29, 0.717) is 34.3 Å². The summed E-state index contributed by atoms with van der Waals surface area (Å²) in [7, 11) is 0. The number of aliphatic imine (C=N–C) groups is 1. The largest absolute Gasteiger partial charge is 0.425 e. The Morgan fingerprint density at radius 2 is 1.86 bits per heavy atom. The van der Waals surface area contributed by atoms with Gasteiger partial charge in [-0.2, -0.15) is 0 Å². The molecule has 2 aromatic heterocycles. The van der Waals surface area contributed by atoms with Gasteiger partial charge in [0.2, 0.25) is 17.7 Å². The van der Waals surface area contributed by atoms with Crippen LogP contribution in [0.5, 0.6) is 0 Å². The van der Waals surface area contributed by atoms with E-state index < -0.39 is 29.4 Å². The second-order valence-electron chi connectivity index (χ2n) is 10.9. The first kappa shape index (κ1) is 28.3. The highest BCUT2D eigenvalue weighted by molar-refractivity contribution is 5.88. The topological polar surface area (TPSA) is 93.3 Å². The van der Waals surface area contributed by atoms with Crippen LogP contribution in [0, 0.1) is 30.3 Å². The maximum absolute atomic E-state index is 14.2. The van der Waals surface area contributed by atoms with E-state index in [0.717, 1.165) is 17.2 Å². The van der Waals surface area contributed by atoms with Gasteiger partial charge in [0.05, 0.1) is 23.3 Å². The van der Waals surface area contributed by atoms with Gasteiger partial charge in [-0.15, -0.1) is 10.2 Å². The van der Waals surface area contributed by atoms with Gasteiger partial charge < -0.3 is 9.73 Å². The number of carbonyl (C=O) groups is 1. The molecule has 1 N–H and O–H groups in total. The normalized spacial score (nSPS) is 19.7. The Kier molecular flexibility index (Phi) is 7.75. The molecule has 3 unspecified atom stereocenters. The van der Waals surface area contributed by atoms with Crippen molar-refractivity contribution in [2.24, 2.45) is 10.9 Å². The van der Waals surface area contributed by atoms with Crippen molar-refractivity contribution in [3.63, 3.8) is 0 Å². The Labute approximate surface area is 246 Å². The molecule has 0 saturated heterocycles. The predicted molar refractivity (Wildman–Crippen MR) is 155 cm³/mol. The van der Waals surface area contributed by atoms with Gasteiger partial charge in [-0.3, -0.25) is 14.8 Å². The number of amides is 1. The van der Waals surface area contributed by atoms with Gasteiger partial charge in [-0.05, 0) is 65.4 Å². The molecule has 6 rings (SSSR count). The summed E-state index contributed by atoms with van der Waals surface area (Å²) in [6.07, 6.45) is 9.38. The van der Waals surface area contributed by atoms with E-state index in [1.165, 1.54) is 24.3 Å². The number of hydrogen-bond acceptors (Lipinski definition) is 6. The van der Waals surface area contributed by atoms with Crippen LogP contribution in [0.1, 0.15) is 65.4 Å². The summed E-state index contributed by atoms with van der Waals surface area (Å²) < 4.78 is 48.0. The summed E-state index contributed by atoms with van der Waals surface area (Å²) in [5, 5.41) is 11.2. The molecule has 0 fully saturated rings. The number of hydrogen-bond donors (Lipinski definition) is 1. The van der Waals surface area contributed by atoms with Gasteiger partial charge in [-0.25, -0.2) is 13.2 Å². The van der Waals surface area contributed by atoms with Crippen LogP contribution in [0.2, 0.25) is 0 Å². The van der Waals surface area contributed by atoms with Crippen molar-refractivity contribution in [2.45, 2.75) is 44.6 Å². The molecule has 0 radical (unpaired) electrons. The number of nitrogens with one attached hydrogen (secondary N) is 1. The van der Waals surface area contributed by atoms with Crippen molar-refractivity contribution in [2.75, 3.05) is 0 Å². The van der Waals surface area contributed by atoms with Gasteiger partial charge >= 0.3 is 0 Å². The first-order chi connectivity index (χ1) is 20.7. The zero-order chi connectivity index (χ0) is 30.1. The molecule has 4 atom stereocenters. The molecule has 218 valence electrons. The predicted octanol–water partition coefficient (Wildman–Crippen LogP) is 6.85. The molecule has 2 aliphatic rings. The maximum atomic E-state index is 14.2. The maximum Gasteiger partial charge on any atom is 0.223 e. The van der Waals surface area contributed by atoms with E-state index in [9.17, 15) is 18.0 Å². The third kappa shape index (κ3) is 6.18. The number of aryl methyl sites for hydroxylation is 1. The Morgan fingerprint density at radius 1 is 1.05 bits per heavy atom. The van der Waals surface area contributed by atoms with Crippen LogP contribution in [0.25, 0.3) is 5.57 Å². The Morgan fingerprint density at radius 3 is 2.63 bits per heavy atom. The highest BCUT2D eigenvalue weighted by Gasteiger charge is 2.29. The Balaban J connectivity index is 1.33. The molecule has 43 heavy (non-hydrogen) atoms. The summed E-state index contributed by atoms with van der Waals surface area (Å²) in [5.74, 6) is -1.71. The van der Waals surface area contributed by atoms with Crippen LogP contribution in [-0.4, -0.2) is 27.3 Å². The molecule has 2 aromatic carbocycles. The number of nitrogens with zero attached hydrogens (tertiary/aromatic N) is 4. The van der Waals surface area contributed by atoms with E-state index in [2.05, 4.69) is 32.4 Å². The Bertz CT molecular complexity index is 1760. The minimum absolute atomic E-state index is 0.00876. The fourth-order valence-corrected chi connectivity index (χ4v) is 5.62. The van der Waals surface area contributed by atoms with Gasteiger partial charge in [0.25, 0.3) is 0 Å². The van der Waals surface area contributed by atoms with Crippen LogP contribution in [0.3, 0.4) is 0 Å². The molecule has 0 saturated carbocycles. The Hall–Kier alpha value is -4.86. The third-order valence-corrected chi connectivity index (χ3v) is 7.70. The SMILES string of the molecule is Cc1nnc(C2C=C(c3cccnc3[C@H](Cc3cc(F)cc(F)c3)NC(=O)CC3C=Nc4ccc(F)cc43)C=CC2C)o1. The number of benzene rings is 2. The third-order valence-electron chi connectivity index (χ3n) is 7.70. The molecule has 7 nitrogen and oxygen atoms in total. The van der Waals surface area contributed by atoms with E-state index in [-0.39, 0.29) is 30.6 Å². The number of aromatic nitrogens is 3. The molecule has 0 spiro atoms. The van der Waals surface area contributed by atoms with Crippen molar-refractivity contribution in [1.82, 2.24) is 20.5 Å².